The lowest BCUT2D eigenvalue weighted by atomic mass is 10.0. The van der Waals surface area contributed by atoms with E-state index < -0.39 is 9.73 Å². The molecule has 0 amide bonds. The highest BCUT2D eigenvalue weighted by Crippen LogP contribution is 2.40. The largest absolute Gasteiger partial charge is 0.494 e. The Labute approximate surface area is 175 Å². The van der Waals surface area contributed by atoms with Crippen LogP contribution in [0.25, 0.3) is 0 Å². The number of methoxy groups -OCH3 is 1. The van der Waals surface area contributed by atoms with Crippen molar-refractivity contribution >= 4 is 32.8 Å². The molecular formula is C20H24ClN3O4S. The molecule has 156 valence electrons. The van der Waals surface area contributed by atoms with Gasteiger partial charge in [-0.05, 0) is 25.0 Å². The molecule has 0 spiro atoms. The van der Waals surface area contributed by atoms with Gasteiger partial charge in [-0.3, -0.25) is 4.79 Å². The van der Waals surface area contributed by atoms with Crippen molar-refractivity contribution in [2.24, 2.45) is 11.4 Å². The Morgan fingerprint density at radius 1 is 1.34 bits per heavy atom. The van der Waals surface area contributed by atoms with Gasteiger partial charge >= 0.3 is 0 Å². The second-order valence-corrected chi connectivity index (χ2v) is 9.65. The van der Waals surface area contributed by atoms with Gasteiger partial charge in [0.1, 0.15) is 23.6 Å². The maximum Gasteiger partial charge on any atom is 0.223 e. The third kappa shape index (κ3) is 4.48. The summed E-state index contributed by atoms with van der Waals surface area (Å²) in [6.07, 6.45) is 5.78. The topological polar surface area (TPSA) is 82.8 Å². The Balaban J connectivity index is 2.08. The zero-order chi connectivity index (χ0) is 21.0. The van der Waals surface area contributed by atoms with Gasteiger partial charge in [0.15, 0.2) is 0 Å². The van der Waals surface area contributed by atoms with Crippen LogP contribution in [0.2, 0.25) is 5.02 Å². The van der Waals surface area contributed by atoms with Crippen LogP contribution in [0, 0.1) is 0 Å². The molecule has 2 aromatic rings. The van der Waals surface area contributed by atoms with Gasteiger partial charge in [0.25, 0.3) is 0 Å². The summed E-state index contributed by atoms with van der Waals surface area (Å²) in [5.74, 6) is 1.38. The molecule has 1 aromatic heterocycles. The zero-order valence-electron chi connectivity index (χ0n) is 16.5. The number of rotatable bonds is 7. The van der Waals surface area contributed by atoms with Crippen molar-refractivity contribution in [3.8, 4) is 11.6 Å². The summed E-state index contributed by atoms with van der Waals surface area (Å²) in [6, 6.07) is 3.19. The number of aromatic nitrogens is 2. The predicted octanol–water partition coefficient (Wildman–Crippen LogP) is 4.16. The van der Waals surface area contributed by atoms with Crippen molar-refractivity contribution in [3.63, 3.8) is 0 Å². The molecule has 2 heterocycles. The summed E-state index contributed by atoms with van der Waals surface area (Å²) in [4.78, 5) is 13.2. The molecule has 0 unspecified atom stereocenters. The number of aryl methyl sites for hydroxylation is 1. The summed E-state index contributed by atoms with van der Waals surface area (Å²) in [7, 11) is 0.744. The van der Waals surface area contributed by atoms with Crippen molar-refractivity contribution < 1.29 is 18.5 Å². The van der Waals surface area contributed by atoms with Gasteiger partial charge in [0.2, 0.25) is 11.7 Å². The van der Waals surface area contributed by atoms with E-state index in [1.54, 1.807) is 25.3 Å². The van der Waals surface area contributed by atoms with E-state index in [1.165, 1.54) is 18.0 Å². The molecule has 0 saturated carbocycles. The smallest absolute Gasteiger partial charge is 0.223 e. The van der Waals surface area contributed by atoms with Crippen molar-refractivity contribution in [3.05, 3.63) is 47.1 Å². The average Bonchev–Trinajstić information content (AvgIpc) is 3.08. The molecule has 0 aliphatic carbocycles. The van der Waals surface area contributed by atoms with E-state index in [1.807, 2.05) is 0 Å². The summed E-state index contributed by atoms with van der Waals surface area (Å²) in [6.45, 7) is 3.85. The van der Waals surface area contributed by atoms with E-state index in [4.69, 9.17) is 21.1 Å². The average molecular weight is 438 g/mol. The minimum Gasteiger partial charge on any atom is -0.494 e. The maximum absolute atomic E-state index is 13.2. The Hall–Kier alpha value is -2.32. The summed E-state index contributed by atoms with van der Waals surface area (Å²) in [5.41, 5.74) is 0.750. The standard InChI is InChI=1S/C20H24ClN3O4S/c1-4-10-28-20-15(13-22-24(20)2)19(25)14-8-9-16(27-3)18(17(14)21)23-29(26)11-6-5-7-12-29/h4,8-9,13H,1,5-7,10-12H2,2-3H3. The fourth-order valence-corrected chi connectivity index (χ4v) is 5.75. The molecule has 7 nitrogen and oxygen atoms in total. The van der Waals surface area contributed by atoms with Gasteiger partial charge in [-0.1, -0.05) is 30.7 Å². The zero-order valence-corrected chi connectivity index (χ0v) is 18.1. The highest BCUT2D eigenvalue weighted by atomic mass is 35.5. The quantitative estimate of drug-likeness (QED) is 0.479. The van der Waals surface area contributed by atoms with Gasteiger partial charge in [-0.25, -0.2) is 8.89 Å². The number of halogens is 1. The number of hydrogen-bond donors (Lipinski definition) is 0. The van der Waals surface area contributed by atoms with Crippen molar-refractivity contribution in [1.29, 1.82) is 0 Å². The summed E-state index contributed by atoms with van der Waals surface area (Å²) in [5, 5.41) is 4.22. The molecule has 1 aliphatic rings. The van der Waals surface area contributed by atoms with Gasteiger partial charge in [0.05, 0.1) is 28.1 Å². The Kier molecular flexibility index (Phi) is 6.64. The van der Waals surface area contributed by atoms with E-state index in [0.717, 1.165) is 19.3 Å². The van der Waals surface area contributed by atoms with Crippen molar-refractivity contribution in [2.45, 2.75) is 19.3 Å². The molecule has 9 heteroatoms. The first kappa shape index (κ1) is 21.4. The lowest BCUT2D eigenvalue weighted by Gasteiger charge is -2.17. The molecular weight excluding hydrogens is 414 g/mol. The number of carbonyl (C=O) groups excluding carboxylic acids is 1. The van der Waals surface area contributed by atoms with Crippen LogP contribution >= 0.6 is 11.6 Å². The number of ether oxygens (including phenoxy) is 2. The van der Waals surface area contributed by atoms with Crippen LogP contribution in [0.4, 0.5) is 5.69 Å². The monoisotopic (exact) mass is 437 g/mol. The molecule has 0 bridgehead atoms. The van der Waals surface area contributed by atoms with Crippen LogP contribution in [0.3, 0.4) is 0 Å². The van der Waals surface area contributed by atoms with Gasteiger partial charge in [-0.15, -0.1) is 0 Å². The van der Waals surface area contributed by atoms with Crippen LogP contribution < -0.4 is 9.47 Å². The number of ketones is 1. The third-order valence-electron chi connectivity index (χ3n) is 4.69. The minimum atomic E-state index is -2.42. The molecule has 0 N–H and O–H groups in total. The first-order valence-corrected chi connectivity index (χ1v) is 11.5. The number of hydrogen-bond acceptors (Lipinski definition) is 6. The fraction of sp³-hybridized carbons (Fsp3) is 0.400. The van der Waals surface area contributed by atoms with E-state index in [2.05, 4.69) is 16.0 Å². The van der Waals surface area contributed by atoms with Crippen LogP contribution in [-0.2, 0) is 16.8 Å². The lowest BCUT2D eigenvalue weighted by Crippen LogP contribution is -2.16. The Morgan fingerprint density at radius 2 is 2.07 bits per heavy atom. The Morgan fingerprint density at radius 3 is 2.72 bits per heavy atom. The lowest BCUT2D eigenvalue weighted by molar-refractivity contribution is 0.103. The van der Waals surface area contributed by atoms with Crippen molar-refractivity contribution in [2.75, 3.05) is 25.2 Å². The molecule has 0 radical (unpaired) electrons. The van der Waals surface area contributed by atoms with E-state index in [9.17, 15) is 9.00 Å². The molecule has 1 aliphatic heterocycles. The first-order chi connectivity index (χ1) is 13.9. The predicted molar refractivity (Wildman–Crippen MR) is 114 cm³/mol. The number of benzene rings is 1. The van der Waals surface area contributed by atoms with Crippen LogP contribution in [0.15, 0.2) is 35.3 Å². The molecule has 29 heavy (non-hydrogen) atoms. The summed E-state index contributed by atoms with van der Waals surface area (Å²) < 4.78 is 30.0. The van der Waals surface area contributed by atoms with E-state index >= 15 is 0 Å². The van der Waals surface area contributed by atoms with Gasteiger partial charge in [-0.2, -0.15) is 9.46 Å². The number of carbonyl (C=O) groups is 1. The van der Waals surface area contributed by atoms with Crippen LogP contribution in [0.5, 0.6) is 11.6 Å². The van der Waals surface area contributed by atoms with Gasteiger partial charge in [0, 0.05) is 24.1 Å². The number of nitrogens with zero attached hydrogens (tertiary/aromatic N) is 3. The maximum atomic E-state index is 13.2. The van der Waals surface area contributed by atoms with Crippen molar-refractivity contribution in [1.82, 2.24) is 9.78 Å². The molecule has 1 saturated heterocycles. The molecule has 0 atom stereocenters. The normalized spacial score (nSPS) is 15.6. The highest BCUT2D eigenvalue weighted by Gasteiger charge is 2.25. The van der Waals surface area contributed by atoms with Gasteiger partial charge < -0.3 is 9.47 Å². The van der Waals surface area contributed by atoms with Crippen LogP contribution in [-0.4, -0.2) is 45.0 Å². The Bertz CT molecular complexity index is 1040. The molecule has 1 aromatic carbocycles. The third-order valence-corrected chi connectivity index (χ3v) is 7.45. The fourth-order valence-electron chi connectivity index (χ4n) is 3.20. The second kappa shape index (κ2) is 9.00. The molecule has 3 rings (SSSR count). The highest BCUT2D eigenvalue weighted by molar-refractivity contribution is 7.93. The SMILES string of the molecule is C=CCOc1c(C(=O)c2ccc(OC)c(N=S3(=O)CCCCC3)c2Cl)cnn1C. The molecule has 1 fully saturated rings. The minimum absolute atomic E-state index is 0.112. The second-order valence-electron chi connectivity index (χ2n) is 6.73. The first-order valence-electron chi connectivity index (χ1n) is 9.29. The van der Waals surface area contributed by atoms with Crippen LogP contribution in [0.1, 0.15) is 35.2 Å². The van der Waals surface area contributed by atoms with E-state index in [0.29, 0.717) is 23.1 Å². The van der Waals surface area contributed by atoms with E-state index in [-0.39, 0.29) is 34.2 Å². The summed E-state index contributed by atoms with van der Waals surface area (Å²) >= 11 is 6.58.